The van der Waals surface area contributed by atoms with E-state index in [-0.39, 0.29) is 17.1 Å². The molecule has 3 aromatic heterocycles. The Morgan fingerprint density at radius 1 is 1.12 bits per heavy atom. The van der Waals surface area contributed by atoms with E-state index in [9.17, 15) is 13.6 Å². The average Bonchev–Trinajstić information content (AvgIpc) is 3.46. The maximum Gasteiger partial charge on any atom is 0.261 e. The summed E-state index contributed by atoms with van der Waals surface area (Å²) in [5.41, 5.74) is 8.17. The molecule has 7 nitrogen and oxygen atoms in total. The maximum absolute atomic E-state index is 14.3. The fourth-order valence-electron chi connectivity index (χ4n) is 3.77. The number of halogens is 2. The van der Waals surface area contributed by atoms with Crippen LogP contribution in [0.25, 0.3) is 33.6 Å². The van der Waals surface area contributed by atoms with Gasteiger partial charge in [0, 0.05) is 42.5 Å². The molecule has 9 heteroatoms. The number of aromatic nitrogens is 3. The van der Waals surface area contributed by atoms with Gasteiger partial charge in [-0.25, -0.2) is 13.8 Å². The van der Waals surface area contributed by atoms with Gasteiger partial charge in [-0.2, -0.15) is 0 Å². The van der Waals surface area contributed by atoms with E-state index < -0.39 is 11.6 Å². The van der Waals surface area contributed by atoms with Gasteiger partial charge in [-0.15, -0.1) is 0 Å². The first-order valence-electron chi connectivity index (χ1n) is 10.5. The van der Waals surface area contributed by atoms with Gasteiger partial charge < -0.3 is 24.4 Å². The van der Waals surface area contributed by atoms with Crippen LogP contribution in [0, 0.1) is 11.6 Å². The highest BCUT2D eigenvalue weighted by molar-refractivity contribution is 5.95. The predicted octanol–water partition coefficient (Wildman–Crippen LogP) is 5.40. The van der Waals surface area contributed by atoms with E-state index in [0.717, 1.165) is 24.4 Å². The standard InChI is InChI=1S/C25H20F2N4O3/c1-3-23-29-11-19(30-23)22-10-16-24(34-22)17(12-31(2)25(16)32)15-9-14(28)5-7-20(15)33-21-6-4-13(26)8-18(21)27/h4-12H,3,28H2,1-2H3,(H,29,30). The Balaban J connectivity index is 1.70. The van der Waals surface area contributed by atoms with Crippen molar-refractivity contribution in [1.82, 2.24) is 14.5 Å². The summed E-state index contributed by atoms with van der Waals surface area (Å²) < 4.78 is 40.9. The smallest absolute Gasteiger partial charge is 0.261 e. The van der Waals surface area contributed by atoms with Crippen LogP contribution in [0.5, 0.6) is 11.5 Å². The van der Waals surface area contributed by atoms with Gasteiger partial charge in [-0.1, -0.05) is 6.92 Å². The monoisotopic (exact) mass is 462 g/mol. The Kier molecular flexibility index (Phi) is 5.16. The molecule has 0 unspecified atom stereocenters. The molecule has 0 bridgehead atoms. The highest BCUT2D eigenvalue weighted by Crippen LogP contribution is 2.40. The molecule has 34 heavy (non-hydrogen) atoms. The van der Waals surface area contributed by atoms with Gasteiger partial charge in [0.15, 0.2) is 17.3 Å². The summed E-state index contributed by atoms with van der Waals surface area (Å²) in [6.45, 7) is 1.97. The number of aryl methyl sites for hydroxylation is 2. The lowest BCUT2D eigenvalue weighted by atomic mass is 10.0. The molecule has 0 aliphatic rings. The minimum Gasteiger partial charge on any atom is -0.454 e. The first-order chi connectivity index (χ1) is 16.3. The van der Waals surface area contributed by atoms with Crippen LogP contribution >= 0.6 is 0 Å². The third-order valence-electron chi connectivity index (χ3n) is 5.49. The molecule has 0 fully saturated rings. The van der Waals surface area contributed by atoms with Gasteiger partial charge in [0.1, 0.15) is 28.7 Å². The molecule has 0 atom stereocenters. The summed E-state index contributed by atoms with van der Waals surface area (Å²) in [5.74, 6) is -0.223. The second kappa shape index (κ2) is 8.18. The second-order valence-electron chi connectivity index (χ2n) is 7.84. The highest BCUT2D eigenvalue weighted by Gasteiger charge is 2.20. The molecule has 5 aromatic rings. The van der Waals surface area contributed by atoms with Gasteiger partial charge in [-0.3, -0.25) is 4.79 Å². The lowest BCUT2D eigenvalue weighted by molar-refractivity contribution is 0.439. The van der Waals surface area contributed by atoms with E-state index in [1.54, 1.807) is 43.7 Å². The van der Waals surface area contributed by atoms with Crippen molar-refractivity contribution in [3.8, 4) is 34.1 Å². The number of nitrogens with zero attached hydrogens (tertiary/aromatic N) is 2. The Hall–Kier alpha value is -4.40. The first kappa shape index (κ1) is 21.4. The number of imidazole rings is 1. The number of nitrogens with one attached hydrogen (secondary N) is 1. The minimum atomic E-state index is -0.848. The van der Waals surface area contributed by atoms with Crippen LogP contribution < -0.4 is 16.0 Å². The largest absolute Gasteiger partial charge is 0.454 e. The molecule has 3 heterocycles. The number of hydrogen-bond acceptors (Lipinski definition) is 5. The summed E-state index contributed by atoms with van der Waals surface area (Å²) in [5, 5.41) is 0.351. The van der Waals surface area contributed by atoms with Crippen molar-refractivity contribution in [3.63, 3.8) is 0 Å². The number of hydrogen-bond donors (Lipinski definition) is 2. The van der Waals surface area contributed by atoms with Gasteiger partial charge in [-0.05, 0) is 36.4 Å². The summed E-state index contributed by atoms with van der Waals surface area (Å²) >= 11 is 0. The Morgan fingerprint density at radius 3 is 2.65 bits per heavy atom. The van der Waals surface area contributed by atoms with Crippen molar-refractivity contribution < 1.29 is 17.9 Å². The van der Waals surface area contributed by atoms with Crippen LogP contribution in [0.4, 0.5) is 14.5 Å². The lowest BCUT2D eigenvalue weighted by Gasteiger charge is -2.14. The molecule has 0 aliphatic heterocycles. The van der Waals surface area contributed by atoms with Crippen LogP contribution in [0.3, 0.4) is 0 Å². The molecular weight excluding hydrogens is 442 g/mol. The first-order valence-corrected chi connectivity index (χ1v) is 10.5. The maximum atomic E-state index is 14.3. The van der Waals surface area contributed by atoms with Gasteiger partial charge in [0.25, 0.3) is 5.56 Å². The van der Waals surface area contributed by atoms with Gasteiger partial charge in [0.2, 0.25) is 0 Å². The van der Waals surface area contributed by atoms with Crippen molar-refractivity contribution in [2.45, 2.75) is 13.3 Å². The lowest BCUT2D eigenvalue weighted by Crippen LogP contribution is -2.15. The number of fused-ring (bicyclic) bond motifs is 1. The third kappa shape index (κ3) is 3.71. The van der Waals surface area contributed by atoms with Gasteiger partial charge in [0.05, 0.1) is 11.6 Å². The fourth-order valence-corrected chi connectivity index (χ4v) is 3.77. The quantitative estimate of drug-likeness (QED) is 0.341. The Morgan fingerprint density at radius 2 is 1.91 bits per heavy atom. The fraction of sp³-hybridized carbons (Fsp3) is 0.120. The zero-order chi connectivity index (χ0) is 24.0. The third-order valence-corrected chi connectivity index (χ3v) is 5.49. The number of aromatic amines is 1. The van der Waals surface area contributed by atoms with E-state index in [2.05, 4.69) is 9.97 Å². The number of nitrogens with two attached hydrogens (primary N) is 1. The van der Waals surface area contributed by atoms with E-state index >= 15 is 0 Å². The normalized spacial score (nSPS) is 11.3. The molecule has 0 radical (unpaired) electrons. The Bertz CT molecular complexity index is 1600. The zero-order valence-electron chi connectivity index (χ0n) is 18.4. The van der Waals surface area contributed by atoms with Gasteiger partial charge >= 0.3 is 0 Å². The summed E-state index contributed by atoms with van der Waals surface area (Å²) in [7, 11) is 1.62. The number of anilines is 1. The molecule has 0 amide bonds. The highest BCUT2D eigenvalue weighted by atomic mass is 19.1. The zero-order valence-corrected chi connectivity index (χ0v) is 18.4. The van der Waals surface area contributed by atoms with Crippen LogP contribution in [0.15, 0.2) is 64.1 Å². The predicted molar refractivity (Wildman–Crippen MR) is 125 cm³/mol. The van der Waals surface area contributed by atoms with Crippen molar-refractivity contribution in [1.29, 1.82) is 0 Å². The molecule has 3 N–H and O–H groups in total. The number of nitrogen functional groups attached to an aromatic ring is 1. The number of benzene rings is 2. The number of furan rings is 1. The summed E-state index contributed by atoms with van der Waals surface area (Å²) in [6.07, 6.45) is 3.97. The molecule has 0 saturated carbocycles. The summed E-state index contributed by atoms with van der Waals surface area (Å²) in [4.78, 5) is 20.3. The average molecular weight is 462 g/mol. The van der Waals surface area contributed by atoms with Crippen molar-refractivity contribution >= 4 is 16.7 Å². The van der Waals surface area contributed by atoms with Crippen molar-refractivity contribution in [2.75, 3.05) is 5.73 Å². The molecule has 0 aliphatic carbocycles. The molecule has 172 valence electrons. The topological polar surface area (TPSA) is 99.1 Å². The molecule has 0 spiro atoms. The van der Waals surface area contributed by atoms with E-state index in [1.807, 2.05) is 6.92 Å². The molecular formula is C25H20F2N4O3. The van der Waals surface area contributed by atoms with Crippen LogP contribution in [0.1, 0.15) is 12.7 Å². The van der Waals surface area contributed by atoms with Crippen LogP contribution in [0.2, 0.25) is 0 Å². The second-order valence-corrected chi connectivity index (χ2v) is 7.84. The molecule has 5 rings (SSSR count). The number of ether oxygens (including phenoxy) is 1. The van der Waals surface area contributed by atoms with Crippen LogP contribution in [-0.4, -0.2) is 14.5 Å². The minimum absolute atomic E-state index is 0.154. The Labute approximate surface area is 192 Å². The summed E-state index contributed by atoms with van der Waals surface area (Å²) in [6, 6.07) is 9.53. The number of pyridine rings is 1. The van der Waals surface area contributed by atoms with E-state index in [1.165, 1.54) is 10.6 Å². The number of rotatable bonds is 5. The van der Waals surface area contributed by atoms with E-state index in [0.29, 0.717) is 39.2 Å². The van der Waals surface area contributed by atoms with Crippen molar-refractivity contribution in [3.05, 3.63) is 82.7 Å². The SMILES string of the molecule is CCc1ncc(-c2cc3c(=O)n(C)cc(-c4cc(N)ccc4Oc4ccc(F)cc4F)c3o2)[nH]1. The molecule has 2 aromatic carbocycles. The number of H-pyrrole nitrogens is 1. The van der Waals surface area contributed by atoms with Crippen LogP contribution in [-0.2, 0) is 13.5 Å². The van der Waals surface area contributed by atoms with E-state index in [4.69, 9.17) is 14.9 Å². The molecule has 0 saturated heterocycles. The van der Waals surface area contributed by atoms with Crippen molar-refractivity contribution in [2.24, 2.45) is 7.05 Å².